The first-order valence-electron chi connectivity index (χ1n) is 7.13. The Balaban J connectivity index is 2.11. The van der Waals surface area contributed by atoms with Gasteiger partial charge in [0.2, 0.25) is 5.91 Å². The van der Waals surface area contributed by atoms with Crippen molar-refractivity contribution in [3.63, 3.8) is 0 Å². The number of benzene rings is 1. The molecule has 1 aliphatic rings. The minimum atomic E-state index is -0.355. The van der Waals surface area contributed by atoms with E-state index in [2.05, 4.69) is 59.5 Å². The van der Waals surface area contributed by atoms with Crippen LogP contribution >= 0.6 is 15.9 Å². The molecular weight excluding hydrogens is 316 g/mol. The molecule has 0 atom stereocenters. The molecule has 3 nitrogen and oxygen atoms in total. The van der Waals surface area contributed by atoms with Crippen LogP contribution < -0.4 is 10.6 Å². The highest BCUT2D eigenvalue weighted by Gasteiger charge is 2.37. The first-order chi connectivity index (χ1) is 9.33. The number of nitrogens with one attached hydrogen (secondary N) is 2. The van der Waals surface area contributed by atoms with Crippen LogP contribution in [-0.4, -0.2) is 19.0 Å². The van der Waals surface area contributed by atoms with Crippen LogP contribution in [0.4, 0.5) is 0 Å². The zero-order valence-corrected chi connectivity index (χ0v) is 14.0. The molecule has 0 aromatic heterocycles. The standard InChI is InChI=1S/C16H23BrN2O/c1-15(2,12-4-6-13(17)7-5-12)19-14(20)16(3)8-10-18-11-9-16/h4-7,18H,8-11H2,1-3H3,(H,19,20). The fourth-order valence-corrected chi connectivity index (χ4v) is 2.84. The Hall–Kier alpha value is -0.870. The number of hydrogen-bond donors (Lipinski definition) is 2. The number of carbonyl (C=O) groups is 1. The summed E-state index contributed by atoms with van der Waals surface area (Å²) < 4.78 is 1.05. The lowest BCUT2D eigenvalue weighted by molar-refractivity contribution is -0.133. The molecule has 4 heteroatoms. The summed E-state index contributed by atoms with van der Waals surface area (Å²) >= 11 is 3.44. The lowest BCUT2D eigenvalue weighted by atomic mass is 9.79. The number of amides is 1. The lowest BCUT2D eigenvalue weighted by Gasteiger charge is -2.37. The van der Waals surface area contributed by atoms with Crippen molar-refractivity contribution in [1.82, 2.24) is 10.6 Å². The highest BCUT2D eigenvalue weighted by atomic mass is 79.9. The monoisotopic (exact) mass is 338 g/mol. The lowest BCUT2D eigenvalue weighted by Crippen LogP contribution is -2.51. The third-order valence-corrected chi connectivity index (χ3v) is 4.78. The van der Waals surface area contributed by atoms with Crippen LogP contribution in [0.1, 0.15) is 39.2 Å². The van der Waals surface area contributed by atoms with E-state index in [1.54, 1.807) is 0 Å². The Labute approximate surface area is 129 Å². The quantitative estimate of drug-likeness (QED) is 0.888. The van der Waals surface area contributed by atoms with Crippen LogP contribution in [-0.2, 0) is 10.3 Å². The maximum atomic E-state index is 12.6. The summed E-state index contributed by atoms with van der Waals surface area (Å²) in [5, 5.41) is 6.53. The summed E-state index contributed by atoms with van der Waals surface area (Å²) in [4.78, 5) is 12.6. The molecule has 1 aromatic rings. The van der Waals surface area contributed by atoms with Gasteiger partial charge in [-0.2, -0.15) is 0 Å². The predicted molar refractivity (Wildman–Crippen MR) is 85.5 cm³/mol. The minimum Gasteiger partial charge on any atom is -0.347 e. The van der Waals surface area contributed by atoms with Gasteiger partial charge in [-0.15, -0.1) is 0 Å². The molecule has 110 valence electrons. The van der Waals surface area contributed by atoms with Crippen LogP contribution in [0, 0.1) is 5.41 Å². The van der Waals surface area contributed by atoms with Crippen molar-refractivity contribution in [3.8, 4) is 0 Å². The summed E-state index contributed by atoms with van der Waals surface area (Å²) in [6.45, 7) is 8.02. The predicted octanol–water partition coefficient (Wildman–Crippen LogP) is 3.19. The molecule has 0 unspecified atom stereocenters. The molecule has 2 N–H and O–H groups in total. The van der Waals surface area contributed by atoms with E-state index in [1.807, 2.05) is 12.1 Å². The Kier molecular flexibility index (Phi) is 4.55. The number of rotatable bonds is 3. The summed E-state index contributed by atoms with van der Waals surface area (Å²) in [6.07, 6.45) is 1.80. The topological polar surface area (TPSA) is 41.1 Å². The first-order valence-corrected chi connectivity index (χ1v) is 7.92. The normalized spacial score (nSPS) is 18.6. The molecule has 1 aromatic carbocycles. The fraction of sp³-hybridized carbons (Fsp3) is 0.562. The first kappa shape index (κ1) is 15.5. The van der Waals surface area contributed by atoms with Crippen molar-refractivity contribution in [2.24, 2.45) is 5.41 Å². The van der Waals surface area contributed by atoms with Gasteiger partial charge in [0.25, 0.3) is 0 Å². The zero-order chi connectivity index (χ0) is 14.8. The van der Waals surface area contributed by atoms with E-state index in [9.17, 15) is 4.79 Å². The number of piperidine rings is 1. The van der Waals surface area contributed by atoms with Gasteiger partial charge >= 0.3 is 0 Å². The van der Waals surface area contributed by atoms with Gasteiger partial charge in [-0.1, -0.05) is 35.0 Å². The third kappa shape index (κ3) is 3.41. The Morgan fingerprint density at radius 1 is 1.25 bits per heavy atom. The molecule has 20 heavy (non-hydrogen) atoms. The average molecular weight is 339 g/mol. The second-order valence-corrected chi connectivity index (χ2v) is 7.31. The second-order valence-electron chi connectivity index (χ2n) is 6.40. The second kappa shape index (κ2) is 5.86. The largest absolute Gasteiger partial charge is 0.347 e. The summed E-state index contributed by atoms with van der Waals surface area (Å²) in [5.74, 6) is 0.159. The van der Waals surface area contributed by atoms with Crippen molar-refractivity contribution >= 4 is 21.8 Å². The van der Waals surface area contributed by atoms with Crippen LogP contribution in [0.3, 0.4) is 0 Å². The molecule has 0 spiro atoms. The van der Waals surface area contributed by atoms with Gasteiger partial charge in [0.1, 0.15) is 0 Å². The van der Waals surface area contributed by atoms with Gasteiger partial charge in [-0.25, -0.2) is 0 Å². The van der Waals surface area contributed by atoms with Gasteiger partial charge in [-0.05, 0) is 57.5 Å². The van der Waals surface area contributed by atoms with E-state index in [0.29, 0.717) is 0 Å². The molecule has 1 saturated heterocycles. The van der Waals surface area contributed by atoms with Crippen LogP contribution in [0.25, 0.3) is 0 Å². The molecule has 0 radical (unpaired) electrons. The molecular formula is C16H23BrN2O. The molecule has 1 aliphatic heterocycles. The summed E-state index contributed by atoms with van der Waals surface area (Å²) in [7, 11) is 0. The number of hydrogen-bond acceptors (Lipinski definition) is 2. The van der Waals surface area contributed by atoms with E-state index in [4.69, 9.17) is 0 Å². The smallest absolute Gasteiger partial charge is 0.226 e. The highest BCUT2D eigenvalue weighted by molar-refractivity contribution is 9.10. The molecule has 0 bridgehead atoms. The third-order valence-electron chi connectivity index (χ3n) is 4.25. The molecule has 1 amide bonds. The van der Waals surface area contributed by atoms with Crippen LogP contribution in [0.2, 0.25) is 0 Å². The van der Waals surface area contributed by atoms with Crippen molar-refractivity contribution in [2.45, 2.75) is 39.2 Å². The van der Waals surface area contributed by atoms with Gasteiger partial charge in [0.05, 0.1) is 5.54 Å². The number of carbonyl (C=O) groups excluding carboxylic acids is 1. The van der Waals surface area contributed by atoms with Gasteiger partial charge < -0.3 is 10.6 Å². The molecule has 1 heterocycles. The Morgan fingerprint density at radius 2 is 1.80 bits per heavy atom. The van der Waals surface area contributed by atoms with E-state index >= 15 is 0 Å². The SMILES string of the molecule is CC1(C(=O)NC(C)(C)c2ccc(Br)cc2)CCNCC1. The average Bonchev–Trinajstić information content (AvgIpc) is 2.39. The van der Waals surface area contributed by atoms with Crippen LogP contribution in [0.15, 0.2) is 28.7 Å². The van der Waals surface area contributed by atoms with Crippen LogP contribution in [0.5, 0.6) is 0 Å². The van der Waals surface area contributed by atoms with Gasteiger partial charge in [-0.3, -0.25) is 4.79 Å². The summed E-state index contributed by atoms with van der Waals surface area (Å²) in [6, 6.07) is 8.12. The number of halogens is 1. The van der Waals surface area contributed by atoms with Crippen molar-refractivity contribution < 1.29 is 4.79 Å². The Morgan fingerprint density at radius 3 is 2.35 bits per heavy atom. The summed E-state index contributed by atoms with van der Waals surface area (Å²) in [5.41, 5.74) is 0.510. The molecule has 2 rings (SSSR count). The Bertz CT molecular complexity index is 476. The van der Waals surface area contributed by atoms with Gasteiger partial charge in [0, 0.05) is 9.89 Å². The van der Waals surface area contributed by atoms with E-state index in [-0.39, 0.29) is 16.9 Å². The molecule has 1 fully saturated rings. The van der Waals surface area contributed by atoms with Crippen molar-refractivity contribution in [2.75, 3.05) is 13.1 Å². The van der Waals surface area contributed by atoms with Crippen molar-refractivity contribution in [1.29, 1.82) is 0 Å². The molecule has 0 aliphatic carbocycles. The van der Waals surface area contributed by atoms with E-state index in [0.717, 1.165) is 36.0 Å². The van der Waals surface area contributed by atoms with E-state index < -0.39 is 0 Å². The van der Waals surface area contributed by atoms with Crippen molar-refractivity contribution in [3.05, 3.63) is 34.3 Å². The van der Waals surface area contributed by atoms with Gasteiger partial charge in [0.15, 0.2) is 0 Å². The highest BCUT2D eigenvalue weighted by Crippen LogP contribution is 2.30. The maximum Gasteiger partial charge on any atom is 0.226 e. The minimum absolute atomic E-state index is 0.159. The maximum absolute atomic E-state index is 12.6. The molecule has 0 saturated carbocycles. The zero-order valence-electron chi connectivity index (χ0n) is 12.4. The van der Waals surface area contributed by atoms with E-state index in [1.165, 1.54) is 0 Å². The fourth-order valence-electron chi connectivity index (χ4n) is 2.58.